The van der Waals surface area contributed by atoms with Gasteiger partial charge in [0.1, 0.15) is 5.69 Å². The number of carbonyl (C=O) groups excluding carboxylic acids is 1. The predicted molar refractivity (Wildman–Crippen MR) is 56.6 cm³/mol. The summed E-state index contributed by atoms with van der Waals surface area (Å²) in [4.78, 5) is 11.6. The third-order valence-electron chi connectivity index (χ3n) is 2.11. The van der Waals surface area contributed by atoms with Crippen molar-refractivity contribution in [2.45, 2.75) is 32.7 Å². The van der Waals surface area contributed by atoms with E-state index in [0.29, 0.717) is 12.1 Å². The van der Waals surface area contributed by atoms with Gasteiger partial charge in [-0.1, -0.05) is 0 Å². The Kier molecular flexibility index (Phi) is 4.30. The molecule has 0 aromatic carbocycles. The predicted octanol–water partition coefficient (Wildman–Crippen LogP) is 0.609. The third kappa shape index (κ3) is 3.71. The number of aliphatic hydroxyl groups is 1. The van der Waals surface area contributed by atoms with Crippen LogP contribution in [0.25, 0.3) is 0 Å². The number of H-pyrrole nitrogens is 1. The van der Waals surface area contributed by atoms with Crippen LogP contribution in [-0.4, -0.2) is 33.9 Å². The highest BCUT2D eigenvalue weighted by molar-refractivity contribution is 5.92. The highest BCUT2D eigenvalue weighted by Gasteiger charge is 2.11. The standard InChI is InChI=1S/C10H17N3O2/c1-7(4-3-5-14)11-10(15)9-6-8(2)12-13-9/h6-7,14H,3-5H2,1-2H3,(H,11,15)(H,12,13). The summed E-state index contributed by atoms with van der Waals surface area (Å²) in [6.07, 6.45) is 1.46. The van der Waals surface area contributed by atoms with Crippen LogP contribution in [0.4, 0.5) is 0 Å². The summed E-state index contributed by atoms with van der Waals surface area (Å²) in [5.74, 6) is -0.176. The lowest BCUT2D eigenvalue weighted by atomic mass is 10.2. The van der Waals surface area contributed by atoms with E-state index in [4.69, 9.17) is 5.11 Å². The van der Waals surface area contributed by atoms with Crippen molar-refractivity contribution in [1.29, 1.82) is 0 Å². The maximum Gasteiger partial charge on any atom is 0.271 e. The smallest absolute Gasteiger partial charge is 0.271 e. The van der Waals surface area contributed by atoms with Gasteiger partial charge in [-0.3, -0.25) is 9.89 Å². The average Bonchev–Trinajstić information content (AvgIpc) is 2.61. The highest BCUT2D eigenvalue weighted by Crippen LogP contribution is 2.00. The van der Waals surface area contributed by atoms with Crippen LogP contribution in [0, 0.1) is 6.92 Å². The molecule has 0 radical (unpaired) electrons. The van der Waals surface area contributed by atoms with Crippen molar-refractivity contribution in [3.8, 4) is 0 Å². The van der Waals surface area contributed by atoms with Gasteiger partial charge in [0.15, 0.2) is 0 Å². The van der Waals surface area contributed by atoms with Crippen LogP contribution < -0.4 is 5.32 Å². The second kappa shape index (κ2) is 5.50. The van der Waals surface area contributed by atoms with Crippen molar-refractivity contribution in [1.82, 2.24) is 15.5 Å². The Hall–Kier alpha value is -1.36. The molecule has 5 nitrogen and oxygen atoms in total. The number of aromatic amines is 1. The molecule has 5 heteroatoms. The summed E-state index contributed by atoms with van der Waals surface area (Å²) >= 11 is 0. The van der Waals surface area contributed by atoms with Crippen molar-refractivity contribution in [3.05, 3.63) is 17.5 Å². The number of aromatic nitrogens is 2. The fraction of sp³-hybridized carbons (Fsp3) is 0.600. The lowest BCUT2D eigenvalue weighted by Crippen LogP contribution is -2.32. The SMILES string of the molecule is Cc1cc(C(=O)NC(C)CCCO)n[nH]1. The normalized spacial score (nSPS) is 12.5. The average molecular weight is 211 g/mol. The Labute approximate surface area is 88.9 Å². The van der Waals surface area contributed by atoms with Gasteiger partial charge in [0.05, 0.1) is 0 Å². The fourth-order valence-corrected chi connectivity index (χ4v) is 1.30. The molecule has 84 valence electrons. The molecule has 0 saturated heterocycles. The molecule has 1 atom stereocenters. The number of aryl methyl sites for hydroxylation is 1. The van der Waals surface area contributed by atoms with Gasteiger partial charge in [0.2, 0.25) is 0 Å². The number of hydrogen-bond donors (Lipinski definition) is 3. The van der Waals surface area contributed by atoms with E-state index >= 15 is 0 Å². The van der Waals surface area contributed by atoms with Crippen LogP contribution >= 0.6 is 0 Å². The van der Waals surface area contributed by atoms with E-state index in [-0.39, 0.29) is 18.6 Å². The van der Waals surface area contributed by atoms with Crippen molar-refractivity contribution in [3.63, 3.8) is 0 Å². The largest absolute Gasteiger partial charge is 0.396 e. The zero-order valence-corrected chi connectivity index (χ0v) is 9.08. The van der Waals surface area contributed by atoms with E-state index in [1.54, 1.807) is 6.07 Å². The first-order valence-corrected chi connectivity index (χ1v) is 5.07. The minimum atomic E-state index is -0.176. The molecular weight excluding hydrogens is 194 g/mol. The Morgan fingerprint density at radius 1 is 1.73 bits per heavy atom. The summed E-state index contributed by atoms with van der Waals surface area (Å²) in [7, 11) is 0. The number of rotatable bonds is 5. The zero-order valence-electron chi connectivity index (χ0n) is 9.08. The van der Waals surface area contributed by atoms with Crippen molar-refractivity contribution in [2.24, 2.45) is 0 Å². The first-order chi connectivity index (χ1) is 7.13. The van der Waals surface area contributed by atoms with E-state index in [1.165, 1.54) is 0 Å². The number of hydrogen-bond acceptors (Lipinski definition) is 3. The van der Waals surface area contributed by atoms with Crippen molar-refractivity contribution < 1.29 is 9.90 Å². The lowest BCUT2D eigenvalue weighted by Gasteiger charge is -2.11. The van der Waals surface area contributed by atoms with Crippen molar-refractivity contribution >= 4 is 5.91 Å². The van der Waals surface area contributed by atoms with E-state index in [0.717, 1.165) is 12.1 Å². The number of amides is 1. The van der Waals surface area contributed by atoms with E-state index in [1.807, 2.05) is 13.8 Å². The second-order valence-electron chi connectivity index (χ2n) is 3.68. The fourth-order valence-electron chi connectivity index (χ4n) is 1.30. The second-order valence-corrected chi connectivity index (χ2v) is 3.68. The van der Waals surface area contributed by atoms with Gasteiger partial charge in [-0.25, -0.2) is 0 Å². The molecule has 0 aliphatic rings. The highest BCUT2D eigenvalue weighted by atomic mass is 16.2. The molecule has 0 fully saturated rings. The van der Waals surface area contributed by atoms with E-state index in [9.17, 15) is 4.79 Å². The number of nitrogens with one attached hydrogen (secondary N) is 2. The molecule has 15 heavy (non-hydrogen) atoms. The Balaban J connectivity index is 2.42. The molecule has 0 spiro atoms. The Morgan fingerprint density at radius 3 is 3.00 bits per heavy atom. The van der Waals surface area contributed by atoms with Crippen LogP contribution in [0.3, 0.4) is 0 Å². The minimum absolute atomic E-state index is 0.0571. The van der Waals surface area contributed by atoms with Crippen LogP contribution in [0.2, 0.25) is 0 Å². The van der Waals surface area contributed by atoms with Crippen LogP contribution in [0.15, 0.2) is 6.07 Å². The monoisotopic (exact) mass is 211 g/mol. The van der Waals surface area contributed by atoms with Gasteiger partial charge >= 0.3 is 0 Å². The first-order valence-electron chi connectivity index (χ1n) is 5.07. The Bertz CT molecular complexity index is 322. The van der Waals surface area contributed by atoms with Crippen LogP contribution in [0.1, 0.15) is 35.9 Å². The molecule has 1 heterocycles. The molecule has 1 aromatic rings. The molecular formula is C10H17N3O2. The molecule has 0 bridgehead atoms. The lowest BCUT2D eigenvalue weighted by molar-refractivity contribution is 0.0931. The molecule has 1 amide bonds. The molecule has 1 rings (SSSR count). The van der Waals surface area contributed by atoms with Crippen molar-refractivity contribution in [2.75, 3.05) is 6.61 Å². The van der Waals surface area contributed by atoms with Gasteiger partial charge in [-0.15, -0.1) is 0 Å². The number of carbonyl (C=O) groups is 1. The van der Waals surface area contributed by atoms with Gasteiger partial charge in [0.25, 0.3) is 5.91 Å². The zero-order chi connectivity index (χ0) is 11.3. The molecule has 3 N–H and O–H groups in total. The van der Waals surface area contributed by atoms with Crippen LogP contribution in [-0.2, 0) is 0 Å². The van der Waals surface area contributed by atoms with Gasteiger partial charge in [-0.2, -0.15) is 5.10 Å². The first kappa shape index (κ1) is 11.7. The summed E-state index contributed by atoms with van der Waals surface area (Å²) < 4.78 is 0. The number of nitrogens with zero attached hydrogens (tertiary/aromatic N) is 1. The molecule has 0 aliphatic carbocycles. The van der Waals surface area contributed by atoms with Gasteiger partial charge in [0, 0.05) is 18.3 Å². The maximum atomic E-state index is 11.6. The molecule has 1 unspecified atom stereocenters. The summed E-state index contributed by atoms with van der Waals surface area (Å²) in [6, 6.07) is 1.76. The minimum Gasteiger partial charge on any atom is -0.396 e. The summed E-state index contributed by atoms with van der Waals surface area (Å²) in [6.45, 7) is 3.91. The molecule has 1 aromatic heterocycles. The summed E-state index contributed by atoms with van der Waals surface area (Å²) in [5, 5.41) is 18.0. The summed E-state index contributed by atoms with van der Waals surface area (Å²) in [5.41, 5.74) is 1.27. The third-order valence-corrected chi connectivity index (χ3v) is 2.11. The maximum absolute atomic E-state index is 11.6. The Morgan fingerprint density at radius 2 is 2.47 bits per heavy atom. The molecule has 0 saturated carbocycles. The van der Waals surface area contributed by atoms with E-state index in [2.05, 4.69) is 15.5 Å². The van der Waals surface area contributed by atoms with E-state index < -0.39 is 0 Å². The quantitative estimate of drug-likeness (QED) is 0.667. The topological polar surface area (TPSA) is 78.0 Å². The van der Waals surface area contributed by atoms with Gasteiger partial charge < -0.3 is 10.4 Å². The van der Waals surface area contributed by atoms with Crippen LogP contribution in [0.5, 0.6) is 0 Å². The number of aliphatic hydroxyl groups excluding tert-OH is 1. The molecule has 0 aliphatic heterocycles. The van der Waals surface area contributed by atoms with Gasteiger partial charge in [-0.05, 0) is 32.8 Å².